The van der Waals surface area contributed by atoms with Gasteiger partial charge >= 0.3 is 0 Å². The topological polar surface area (TPSA) is 124 Å². The molecule has 0 spiro atoms. The van der Waals surface area contributed by atoms with E-state index in [1.54, 1.807) is 44.4 Å². The Morgan fingerprint density at radius 1 is 0.940 bits per heavy atom. The SMILES string of the molecule is CNC(=O)CO/N=C(\CN(C)C(=O)c1cc(Cl)cc(Cl)c1)C(CCN1CCC(N2CCCC(CC(=O)NC)C2=O)CC1)c1ccc(Cl)c(Cl)c1. The van der Waals surface area contributed by atoms with E-state index in [1.165, 1.54) is 11.9 Å². The van der Waals surface area contributed by atoms with Crippen LogP contribution in [0.15, 0.2) is 41.6 Å². The molecule has 2 N–H and O–H groups in total. The molecule has 50 heavy (non-hydrogen) atoms. The number of benzene rings is 2. The van der Waals surface area contributed by atoms with Crippen LogP contribution in [0.2, 0.25) is 20.1 Å². The lowest BCUT2D eigenvalue weighted by Gasteiger charge is -2.42. The highest BCUT2D eigenvalue weighted by atomic mass is 35.5. The summed E-state index contributed by atoms with van der Waals surface area (Å²) in [6.45, 7) is 2.74. The smallest absolute Gasteiger partial charge is 0.260 e. The maximum Gasteiger partial charge on any atom is 0.260 e. The number of amides is 4. The summed E-state index contributed by atoms with van der Waals surface area (Å²) in [5, 5.41) is 11.0. The first-order valence-electron chi connectivity index (χ1n) is 16.7. The molecule has 2 atom stereocenters. The van der Waals surface area contributed by atoms with Gasteiger partial charge in [0, 0.05) is 80.7 Å². The molecule has 2 aliphatic heterocycles. The van der Waals surface area contributed by atoms with Crippen molar-refractivity contribution in [2.45, 2.75) is 50.5 Å². The number of hydrogen-bond acceptors (Lipinski definition) is 7. The maximum absolute atomic E-state index is 13.5. The van der Waals surface area contributed by atoms with Gasteiger partial charge in [-0.3, -0.25) is 19.2 Å². The van der Waals surface area contributed by atoms with Crippen LogP contribution < -0.4 is 10.6 Å². The third-order valence-corrected chi connectivity index (χ3v) is 10.5. The monoisotopic (exact) mass is 768 g/mol. The zero-order chi connectivity index (χ0) is 36.4. The molecule has 2 aromatic rings. The van der Waals surface area contributed by atoms with Gasteiger partial charge in [0.05, 0.1) is 22.3 Å². The summed E-state index contributed by atoms with van der Waals surface area (Å²) in [7, 11) is 4.74. The quantitative estimate of drug-likeness (QED) is 0.193. The van der Waals surface area contributed by atoms with Crippen molar-refractivity contribution in [1.82, 2.24) is 25.3 Å². The van der Waals surface area contributed by atoms with Gasteiger partial charge in [-0.05, 0) is 74.5 Å². The van der Waals surface area contributed by atoms with Crippen molar-refractivity contribution < 1.29 is 24.0 Å². The van der Waals surface area contributed by atoms with Gasteiger partial charge in [0.2, 0.25) is 11.8 Å². The van der Waals surface area contributed by atoms with E-state index in [9.17, 15) is 19.2 Å². The Balaban J connectivity index is 1.51. The largest absolute Gasteiger partial charge is 0.386 e. The fraction of sp³-hybridized carbons (Fsp3) is 0.514. The normalized spacial score (nSPS) is 18.1. The number of nitrogens with one attached hydrogen (secondary N) is 2. The van der Waals surface area contributed by atoms with Crippen LogP contribution in [-0.2, 0) is 19.2 Å². The van der Waals surface area contributed by atoms with Gasteiger partial charge in [-0.25, -0.2) is 0 Å². The summed E-state index contributed by atoms with van der Waals surface area (Å²) in [4.78, 5) is 62.1. The number of rotatable bonds is 14. The molecule has 0 saturated carbocycles. The number of halogens is 4. The van der Waals surface area contributed by atoms with E-state index < -0.39 is 0 Å². The molecule has 0 radical (unpaired) electrons. The van der Waals surface area contributed by atoms with Gasteiger partial charge in [0.25, 0.3) is 11.8 Å². The van der Waals surface area contributed by atoms with E-state index in [0.717, 1.165) is 50.9 Å². The van der Waals surface area contributed by atoms with Crippen molar-refractivity contribution in [2.24, 2.45) is 11.1 Å². The second kappa shape index (κ2) is 18.9. The predicted molar refractivity (Wildman–Crippen MR) is 197 cm³/mol. The van der Waals surface area contributed by atoms with Gasteiger partial charge in [-0.2, -0.15) is 0 Å². The fourth-order valence-electron chi connectivity index (χ4n) is 6.54. The highest BCUT2D eigenvalue weighted by Gasteiger charge is 2.36. The molecular weight excluding hydrogens is 726 g/mol. The molecule has 0 aliphatic carbocycles. The molecule has 272 valence electrons. The minimum Gasteiger partial charge on any atom is -0.386 e. The van der Waals surface area contributed by atoms with E-state index in [-0.39, 0.29) is 61.1 Å². The van der Waals surface area contributed by atoms with E-state index >= 15 is 0 Å². The fourth-order valence-corrected chi connectivity index (χ4v) is 7.37. The van der Waals surface area contributed by atoms with Crippen molar-refractivity contribution in [1.29, 1.82) is 0 Å². The maximum atomic E-state index is 13.5. The average molecular weight is 771 g/mol. The second-order valence-corrected chi connectivity index (χ2v) is 14.4. The minimum atomic E-state index is -0.362. The molecule has 2 aromatic carbocycles. The van der Waals surface area contributed by atoms with Crippen LogP contribution in [0.1, 0.15) is 60.4 Å². The zero-order valence-corrected chi connectivity index (χ0v) is 31.5. The van der Waals surface area contributed by atoms with Gasteiger partial charge in [-0.1, -0.05) is 57.6 Å². The number of nitrogens with zero attached hydrogens (tertiary/aromatic N) is 4. The lowest BCUT2D eigenvalue weighted by molar-refractivity contribution is -0.144. The van der Waals surface area contributed by atoms with Crippen molar-refractivity contribution in [3.63, 3.8) is 0 Å². The van der Waals surface area contributed by atoms with Crippen LogP contribution in [0, 0.1) is 5.92 Å². The Bertz CT molecular complexity index is 1550. The first-order valence-corrected chi connectivity index (χ1v) is 18.2. The Morgan fingerprint density at radius 3 is 2.26 bits per heavy atom. The van der Waals surface area contributed by atoms with Crippen LogP contribution in [0.3, 0.4) is 0 Å². The number of carbonyl (C=O) groups excluding carboxylic acids is 4. The highest BCUT2D eigenvalue weighted by Crippen LogP contribution is 2.32. The number of likely N-dealkylation sites (tertiary alicyclic amines) is 2. The van der Waals surface area contributed by atoms with Crippen LogP contribution in [0.5, 0.6) is 0 Å². The van der Waals surface area contributed by atoms with Gasteiger partial charge in [-0.15, -0.1) is 0 Å². The van der Waals surface area contributed by atoms with Gasteiger partial charge in [0.1, 0.15) is 0 Å². The molecular formula is C35H44Cl4N6O5. The second-order valence-electron chi connectivity index (χ2n) is 12.7. The predicted octanol–water partition coefficient (Wildman–Crippen LogP) is 5.50. The molecule has 0 bridgehead atoms. The molecule has 11 nitrogen and oxygen atoms in total. The molecule has 2 aliphatic rings. The number of piperidine rings is 2. The summed E-state index contributed by atoms with van der Waals surface area (Å²) in [6, 6.07) is 10.1. The molecule has 2 saturated heterocycles. The summed E-state index contributed by atoms with van der Waals surface area (Å²) < 4.78 is 0. The molecule has 2 unspecified atom stereocenters. The van der Waals surface area contributed by atoms with Crippen molar-refractivity contribution in [2.75, 3.05) is 60.5 Å². The Kier molecular flexibility index (Phi) is 15.0. The summed E-state index contributed by atoms with van der Waals surface area (Å²) in [5.41, 5.74) is 1.65. The third-order valence-electron chi connectivity index (χ3n) is 9.29. The standard InChI is InChI=1S/C35H44Cl4N6O5/c1-40-32(46)18-23-5-4-11-45(35(23)49)27-8-12-44(13-9-27)14-10-28(22-6-7-29(38)30(39)17-22)31(42-50-21-33(47)41-2)20-43(3)34(48)24-15-25(36)19-26(37)16-24/h6-7,15-17,19,23,27-28H,4-5,8-14,18,20-21H2,1-3H3,(H,40,46)(H,41,47)/b42-31+. The molecule has 4 rings (SSSR count). The molecule has 4 amide bonds. The summed E-state index contributed by atoms with van der Waals surface area (Å²) in [6.07, 6.45) is 4.10. The van der Waals surface area contributed by atoms with Crippen molar-refractivity contribution in [3.05, 3.63) is 67.6 Å². The molecule has 15 heteroatoms. The number of hydrogen-bond donors (Lipinski definition) is 2. The summed E-state index contributed by atoms with van der Waals surface area (Å²) in [5.74, 6) is -1.34. The first-order chi connectivity index (χ1) is 23.9. The lowest BCUT2D eigenvalue weighted by atomic mass is 9.89. The summed E-state index contributed by atoms with van der Waals surface area (Å²) >= 11 is 25.1. The van der Waals surface area contributed by atoms with Gasteiger partial charge in [0.15, 0.2) is 6.61 Å². The van der Waals surface area contributed by atoms with Crippen LogP contribution in [-0.4, -0.2) is 111 Å². The molecule has 2 fully saturated rings. The number of likely N-dealkylation sites (N-methyl/N-ethyl adjacent to an activating group) is 1. The van der Waals surface area contributed by atoms with E-state index in [2.05, 4.69) is 20.7 Å². The van der Waals surface area contributed by atoms with E-state index in [0.29, 0.717) is 44.3 Å². The number of oxime groups is 1. The first kappa shape index (κ1) is 39.7. The average Bonchev–Trinajstić information content (AvgIpc) is 3.09. The van der Waals surface area contributed by atoms with E-state index in [4.69, 9.17) is 51.2 Å². The Morgan fingerprint density at radius 2 is 1.62 bits per heavy atom. The van der Waals surface area contributed by atoms with E-state index in [1.807, 2.05) is 11.0 Å². The van der Waals surface area contributed by atoms with Gasteiger partial charge < -0.3 is 30.2 Å². The zero-order valence-electron chi connectivity index (χ0n) is 28.5. The van der Waals surface area contributed by atoms with Crippen molar-refractivity contribution >= 4 is 75.7 Å². The highest BCUT2D eigenvalue weighted by molar-refractivity contribution is 6.42. The Hall–Kier alpha value is -3.09. The van der Waals surface area contributed by atoms with Crippen molar-refractivity contribution in [3.8, 4) is 0 Å². The molecule has 0 aromatic heterocycles. The minimum absolute atomic E-state index is 0.0674. The third kappa shape index (κ3) is 11.0. The molecule has 2 heterocycles. The van der Waals surface area contributed by atoms with Crippen LogP contribution in [0.4, 0.5) is 0 Å². The Labute approximate surface area is 313 Å². The number of carbonyl (C=O) groups is 4. The van der Waals surface area contributed by atoms with Crippen LogP contribution >= 0.6 is 46.4 Å². The lowest BCUT2D eigenvalue weighted by Crippen LogP contribution is -2.52. The van der Waals surface area contributed by atoms with Crippen LogP contribution in [0.25, 0.3) is 0 Å².